The van der Waals surface area contributed by atoms with Crippen LogP contribution in [-0.2, 0) is 9.59 Å². The van der Waals surface area contributed by atoms with Crippen molar-refractivity contribution < 1.29 is 9.59 Å². The molecule has 0 radical (unpaired) electrons. The number of hydrogen-bond acceptors (Lipinski definition) is 4. The first-order chi connectivity index (χ1) is 14.4. The van der Waals surface area contributed by atoms with Crippen molar-refractivity contribution in [2.24, 2.45) is 0 Å². The third-order valence-electron chi connectivity index (χ3n) is 5.27. The smallest absolute Gasteiger partial charge is 0.278 e. The fourth-order valence-corrected chi connectivity index (χ4v) is 4.09. The van der Waals surface area contributed by atoms with E-state index < -0.39 is 17.4 Å². The topological polar surface area (TPSA) is 104 Å². The number of fused-ring (bicyclic) bond motifs is 1. The van der Waals surface area contributed by atoms with E-state index in [4.69, 9.17) is 11.6 Å². The Hall–Kier alpha value is -3.65. The number of amides is 2. The SMILES string of the molecule is Cc1[nH]n(-c2nc3ccccc3[nH]2)c(=O)c1[C@H]1CC(=O)N(c2cccc(Cl)c2)C1=O. The van der Waals surface area contributed by atoms with Gasteiger partial charge in [0.1, 0.15) is 0 Å². The summed E-state index contributed by atoms with van der Waals surface area (Å²) in [5.74, 6) is -1.37. The van der Waals surface area contributed by atoms with E-state index in [2.05, 4.69) is 15.1 Å². The summed E-state index contributed by atoms with van der Waals surface area (Å²) in [5, 5.41) is 3.39. The van der Waals surface area contributed by atoms with E-state index in [1.165, 1.54) is 4.68 Å². The summed E-state index contributed by atoms with van der Waals surface area (Å²) in [4.78, 5) is 47.5. The monoisotopic (exact) mass is 421 g/mol. The van der Waals surface area contributed by atoms with Gasteiger partial charge in [0, 0.05) is 17.1 Å². The molecule has 0 saturated carbocycles. The van der Waals surface area contributed by atoms with Crippen molar-refractivity contribution >= 4 is 40.1 Å². The van der Waals surface area contributed by atoms with Crippen LogP contribution in [0.4, 0.5) is 5.69 Å². The highest BCUT2D eigenvalue weighted by Gasteiger charge is 2.43. The molecule has 30 heavy (non-hydrogen) atoms. The van der Waals surface area contributed by atoms with Gasteiger partial charge in [-0.25, -0.2) is 9.88 Å². The zero-order valence-electron chi connectivity index (χ0n) is 15.8. The largest absolute Gasteiger partial charge is 0.322 e. The van der Waals surface area contributed by atoms with Crippen LogP contribution in [0.1, 0.15) is 23.6 Å². The Balaban J connectivity index is 1.56. The summed E-state index contributed by atoms with van der Waals surface area (Å²) in [6.07, 6.45) is -0.0839. The van der Waals surface area contributed by atoms with Gasteiger partial charge in [0.2, 0.25) is 17.8 Å². The van der Waals surface area contributed by atoms with Crippen LogP contribution in [0.15, 0.2) is 53.3 Å². The zero-order valence-corrected chi connectivity index (χ0v) is 16.6. The van der Waals surface area contributed by atoms with Crippen molar-refractivity contribution in [1.29, 1.82) is 0 Å². The molecule has 2 aromatic carbocycles. The van der Waals surface area contributed by atoms with E-state index in [1.54, 1.807) is 31.2 Å². The number of imidazole rings is 1. The standard InChI is InChI=1S/C21H16ClN5O3/c1-11-18(14-10-17(28)26(19(14)29)13-6-4-5-12(22)9-13)20(30)27(25-11)21-23-15-7-2-3-8-16(15)24-21/h2-9,14,25H,10H2,1H3,(H,23,24)/t14-/m1/s1. The molecule has 1 aliphatic heterocycles. The number of para-hydroxylation sites is 2. The lowest BCUT2D eigenvalue weighted by atomic mass is 9.98. The minimum Gasteiger partial charge on any atom is -0.322 e. The van der Waals surface area contributed by atoms with Gasteiger partial charge in [0.05, 0.1) is 28.2 Å². The summed E-state index contributed by atoms with van der Waals surface area (Å²) in [5.41, 5.74) is 2.26. The number of aryl methyl sites for hydroxylation is 1. The van der Waals surface area contributed by atoms with Crippen molar-refractivity contribution in [3.05, 3.63) is 75.2 Å². The number of rotatable bonds is 3. The maximum atomic E-state index is 13.2. The highest BCUT2D eigenvalue weighted by Crippen LogP contribution is 2.34. The molecule has 150 valence electrons. The molecule has 1 saturated heterocycles. The van der Waals surface area contributed by atoms with E-state index in [0.717, 1.165) is 10.4 Å². The summed E-state index contributed by atoms with van der Waals surface area (Å²) in [6.45, 7) is 1.70. The molecule has 2 N–H and O–H groups in total. The number of aromatic nitrogens is 4. The lowest BCUT2D eigenvalue weighted by molar-refractivity contribution is -0.121. The van der Waals surface area contributed by atoms with Gasteiger partial charge in [-0.3, -0.25) is 19.5 Å². The number of benzene rings is 2. The number of carbonyl (C=O) groups is 2. The minimum atomic E-state index is -0.870. The third-order valence-corrected chi connectivity index (χ3v) is 5.50. The number of carbonyl (C=O) groups excluding carboxylic acids is 2. The Morgan fingerprint density at radius 1 is 1.10 bits per heavy atom. The number of H-pyrrole nitrogens is 2. The molecule has 2 amide bonds. The first kappa shape index (κ1) is 18.4. The molecule has 1 aliphatic rings. The van der Waals surface area contributed by atoms with E-state index >= 15 is 0 Å². The summed E-state index contributed by atoms with van der Waals surface area (Å²) in [7, 11) is 0. The first-order valence-electron chi connectivity index (χ1n) is 9.33. The molecule has 0 unspecified atom stereocenters. The molecule has 0 aliphatic carbocycles. The van der Waals surface area contributed by atoms with Gasteiger partial charge in [-0.1, -0.05) is 29.8 Å². The maximum absolute atomic E-state index is 13.2. The normalized spacial score (nSPS) is 16.7. The second-order valence-electron chi connectivity index (χ2n) is 7.17. The van der Waals surface area contributed by atoms with Crippen LogP contribution >= 0.6 is 11.6 Å². The Bertz CT molecular complexity index is 1350. The molecular weight excluding hydrogens is 406 g/mol. The van der Waals surface area contributed by atoms with E-state index in [0.29, 0.717) is 27.9 Å². The van der Waals surface area contributed by atoms with E-state index in [1.807, 2.05) is 24.3 Å². The van der Waals surface area contributed by atoms with Crippen LogP contribution in [0.25, 0.3) is 17.0 Å². The Morgan fingerprint density at radius 2 is 1.90 bits per heavy atom. The third kappa shape index (κ3) is 2.76. The number of hydrogen-bond donors (Lipinski definition) is 2. The average molecular weight is 422 g/mol. The molecule has 4 aromatic rings. The predicted octanol–water partition coefficient (Wildman–Crippen LogP) is 3.05. The van der Waals surface area contributed by atoms with E-state index in [9.17, 15) is 14.4 Å². The van der Waals surface area contributed by atoms with Gasteiger partial charge in [-0.2, -0.15) is 4.68 Å². The van der Waals surface area contributed by atoms with Crippen LogP contribution < -0.4 is 10.5 Å². The molecule has 1 atom stereocenters. The van der Waals surface area contributed by atoms with Crippen LogP contribution in [0.5, 0.6) is 0 Å². The maximum Gasteiger partial charge on any atom is 0.278 e. The Labute approximate surface area is 175 Å². The number of imide groups is 1. The quantitative estimate of drug-likeness (QED) is 0.496. The number of halogens is 1. The van der Waals surface area contributed by atoms with Crippen molar-refractivity contribution in [2.45, 2.75) is 19.3 Å². The molecule has 5 rings (SSSR count). The fourth-order valence-electron chi connectivity index (χ4n) is 3.91. The van der Waals surface area contributed by atoms with Gasteiger partial charge >= 0.3 is 0 Å². The highest BCUT2D eigenvalue weighted by atomic mass is 35.5. The first-order valence-corrected chi connectivity index (χ1v) is 9.71. The van der Waals surface area contributed by atoms with Crippen LogP contribution in [0.3, 0.4) is 0 Å². The van der Waals surface area contributed by atoms with Gasteiger partial charge in [-0.05, 0) is 37.3 Å². The highest BCUT2D eigenvalue weighted by molar-refractivity contribution is 6.31. The number of aromatic amines is 2. The van der Waals surface area contributed by atoms with Gasteiger partial charge in [0.25, 0.3) is 5.56 Å². The van der Waals surface area contributed by atoms with Crippen molar-refractivity contribution in [3.63, 3.8) is 0 Å². The molecule has 0 bridgehead atoms. The summed E-state index contributed by atoms with van der Waals surface area (Å²) >= 11 is 6.01. The molecule has 0 spiro atoms. The van der Waals surface area contributed by atoms with Crippen molar-refractivity contribution in [3.8, 4) is 5.95 Å². The Morgan fingerprint density at radius 3 is 2.67 bits per heavy atom. The summed E-state index contributed by atoms with van der Waals surface area (Å²) < 4.78 is 1.27. The van der Waals surface area contributed by atoms with Crippen LogP contribution in [0.2, 0.25) is 5.02 Å². The molecule has 8 nitrogen and oxygen atoms in total. The second-order valence-corrected chi connectivity index (χ2v) is 7.61. The fraction of sp³-hybridized carbons (Fsp3) is 0.143. The minimum absolute atomic E-state index is 0.0839. The van der Waals surface area contributed by atoms with Gasteiger partial charge < -0.3 is 4.98 Å². The molecule has 1 fully saturated rings. The number of nitrogens with zero attached hydrogens (tertiary/aromatic N) is 3. The van der Waals surface area contributed by atoms with Crippen LogP contribution in [0, 0.1) is 6.92 Å². The average Bonchev–Trinajstić information content (AvgIpc) is 3.35. The van der Waals surface area contributed by atoms with Crippen LogP contribution in [-0.4, -0.2) is 31.6 Å². The summed E-state index contributed by atoms with van der Waals surface area (Å²) in [6, 6.07) is 13.9. The van der Waals surface area contributed by atoms with Gasteiger partial charge in [-0.15, -0.1) is 0 Å². The lowest BCUT2D eigenvalue weighted by Crippen LogP contribution is -2.31. The molecule has 3 heterocycles. The van der Waals surface area contributed by atoms with E-state index in [-0.39, 0.29) is 17.9 Å². The predicted molar refractivity (Wildman–Crippen MR) is 112 cm³/mol. The molecular formula is C21H16ClN5O3. The Kier molecular flexibility index (Phi) is 4.11. The number of anilines is 1. The zero-order chi connectivity index (χ0) is 21.0. The molecule has 2 aromatic heterocycles. The van der Waals surface area contributed by atoms with Gasteiger partial charge in [0.15, 0.2) is 0 Å². The second kappa shape index (κ2) is 6.70. The van der Waals surface area contributed by atoms with Crippen molar-refractivity contribution in [1.82, 2.24) is 19.7 Å². The van der Waals surface area contributed by atoms with Crippen molar-refractivity contribution in [2.75, 3.05) is 4.90 Å². The molecule has 9 heteroatoms. The number of nitrogens with one attached hydrogen (secondary N) is 2. The lowest BCUT2D eigenvalue weighted by Gasteiger charge is -2.15.